The largest absolute Gasteiger partial charge is 0.352 e. The maximum absolute atomic E-state index is 13.3. The molecule has 3 rings (SSSR count). The van der Waals surface area contributed by atoms with Crippen molar-refractivity contribution in [3.05, 3.63) is 53.2 Å². The van der Waals surface area contributed by atoms with Crippen LogP contribution in [0.3, 0.4) is 0 Å². The number of rotatable bonds is 3. The highest BCUT2D eigenvalue weighted by Crippen LogP contribution is 2.31. The third-order valence-corrected chi connectivity index (χ3v) is 7.61. The highest BCUT2D eigenvalue weighted by molar-refractivity contribution is 7.89. The van der Waals surface area contributed by atoms with Gasteiger partial charge in [-0.25, -0.2) is 13.4 Å². The fraction of sp³-hybridized carbons (Fsp3) is 0.476. The molecule has 0 amide bonds. The molecule has 152 valence electrons. The van der Waals surface area contributed by atoms with E-state index in [1.807, 2.05) is 26.0 Å². The Morgan fingerprint density at radius 2 is 1.61 bits per heavy atom. The SMILES string of the molecule is C[C@H]1CN(c2ncccc2Cl)C[C@H](C)N1S(=O)(=O)c1ccc(C(C)(C)C)cc1. The lowest BCUT2D eigenvalue weighted by Gasteiger charge is -2.44. The standard InChI is InChI=1S/C21H28ClN3O2S/c1-15-13-24(20-19(22)7-6-12-23-20)14-16(2)25(15)28(26,27)18-10-8-17(9-11-18)21(3,4)5/h6-12,15-16H,13-14H2,1-5H3/t15-,16-/m0/s1. The van der Waals surface area contributed by atoms with Gasteiger partial charge >= 0.3 is 0 Å². The van der Waals surface area contributed by atoms with Crippen LogP contribution in [-0.4, -0.2) is 42.9 Å². The Labute approximate surface area is 173 Å². The van der Waals surface area contributed by atoms with Crippen molar-refractivity contribution >= 4 is 27.4 Å². The van der Waals surface area contributed by atoms with Crippen molar-refractivity contribution in [3.8, 4) is 0 Å². The monoisotopic (exact) mass is 421 g/mol. The molecule has 0 spiro atoms. The highest BCUT2D eigenvalue weighted by atomic mass is 35.5. The van der Waals surface area contributed by atoms with E-state index in [0.717, 1.165) is 5.56 Å². The van der Waals surface area contributed by atoms with Crippen molar-refractivity contribution < 1.29 is 8.42 Å². The molecule has 0 bridgehead atoms. The predicted molar refractivity (Wildman–Crippen MR) is 115 cm³/mol. The zero-order valence-corrected chi connectivity index (χ0v) is 18.6. The second-order valence-electron chi connectivity index (χ2n) is 8.52. The Kier molecular flexibility index (Phi) is 5.76. The van der Waals surface area contributed by atoms with Gasteiger partial charge in [0.25, 0.3) is 0 Å². The second kappa shape index (κ2) is 7.65. The zero-order valence-electron chi connectivity index (χ0n) is 17.1. The Hall–Kier alpha value is -1.63. The molecular weight excluding hydrogens is 394 g/mol. The third-order valence-electron chi connectivity index (χ3n) is 5.17. The fourth-order valence-electron chi connectivity index (χ4n) is 3.81. The molecule has 0 N–H and O–H groups in total. The van der Waals surface area contributed by atoms with Gasteiger partial charge in [0.2, 0.25) is 10.0 Å². The van der Waals surface area contributed by atoms with Crippen LogP contribution in [0.1, 0.15) is 40.2 Å². The van der Waals surface area contributed by atoms with Gasteiger partial charge in [-0.15, -0.1) is 0 Å². The van der Waals surface area contributed by atoms with Crippen LogP contribution in [0.25, 0.3) is 0 Å². The van der Waals surface area contributed by atoms with Crippen molar-refractivity contribution in [2.24, 2.45) is 0 Å². The number of aromatic nitrogens is 1. The van der Waals surface area contributed by atoms with Crippen LogP contribution in [0, 0.1) is 0 Å². The Morgan fingerprint density at radius 1 is 1.04 bits per heavy atom. The number of pyridine rings is 1. The van der Waals surface area contributed by atoms with Crippen LogP contribution >= 0.6 is 11.6 Å². The van der Waals surface area contributed by atoms with Gasteiger partial charge < -0.3 is 4.90 Å². The molecule has 2 aromatic rings. The number of benzene rings is 1. The lowest BCUT2D eigenvalue weighted by Crippen LogP contribution is -2.58. The van der Waals surface area contributed by atoms with E-state index in [-0.39, 0.29) is 17.5 Å². The smallest absolute Gasteiger partial charge is 0.243 e. The van der Waals surface area contributed by atoms with E-state index in [9.17, 15) is 8.42 Å². The van der Waals surface area contributed by atoms with Crippen LogP contribution in [0.4, 0.5) is 5.82 Å². The molecule has 5 nitrogen and oxygen atoms in total. The molecule has 1 aliphatic heterocycles. The van der Waals surface area contributed by atoms with Crippen molar-refractivity contribution in [1.82, 2.24) is 9.29 Å². The summed E-state index contributed by atoms with van der Waals surface area (Å²) in [6.07, 6.45) is 1.70. The van der Waals surface area contributed by atoms with Crippen molar-refractivity contribution in [2.45, 2.75) is 57.0 Å². The Balaban J connectivity index is 1.86. The molecule has 0 aliphatic carbocycles. The van der Waals surface area contributed by atoms with Gasteiger partial charge in [0, 0.05) is 31.4 Å². The first-order valence-corrected chi connectivity index (χ1v) is 11.3. The minimum Gasteiger partial charge on any atom is -0.352 e. The van der Waals surface area contributed by atoms with Crippen molar-refractivity contribution in [1.29, 1.82) is 0 Å². The maximum Gasteiger partial charge on any atom is 0.243 e. The van der Waals surface area contributed by atoms with E-state index in [4.69, 9.17) is 11.6 Å². The van der Waals surface area contributed by atoms with Gasteiger partial charge in [-0.05, 0) is 49.1 Å². The van der Waals surface area contributed by atoms with Gasteiger partial charge in [-0.1, -0.05) is 44.5 Å². The van der Waals surface area contributed by atoms with Crippen LogP contribution in [0.2, 0.25) is 5.02 Å². The minimum absolute atomic E-state index is 0.0174. The first-order chi connectivity index (χ1) is 13.0. The molecule has 1 aromatic heterocycles. The molecule has 1 aliphatic rings. The molecule has 2 atom stereocenters. The summed E-state index contributed by atoms with van der Waals surface area (Å²) in [6, 6.07) is 10.5. The van der Waals surface area contributed by atoms with Gasteiger partial charge in [0.05, 0.1) is 9.92 Å². The van der Waals surface area contributed by atoms with E-state index in [0.29, 0.717) is 28.8 Å². The quantitative estimate of drug-likeness (QED) is 0.740. The number of hydrogen-bond donors (Lipinski definition) is 0. The summed E-state index contributed by atoms with van der Waals surface area (Å²) in [4.78, 5) is 6.77. The van der Waals surface area contributed by atoms with Crippen molar-refractivity contribution in [2.75, 3.05) is 18.0 Å². The molecule has 7 heteroatoms. The molecule has 0 radical (unpaired) electrons. The number of piperazine rings is 1. The van der Waals surface area contributed by atoms with Gasteiger partial charge in [0.1, 0.15) is 5.82 Å². The van der Waals surface area contributed by atoms with Crippen LogP contribution in [0.5, 0.6) is 0 Å². The molecule has 0 unspecified atom stereocenters. The van der Waals surface area contributed by atoms with Crippen molar-refractivity contribution in [3.63, 3.8) is 0 Å². The molecule has 1 aromatic carbocycles. The topological polar surface area (TPSA) is 53.5 Å². The molecular formula is C21H28ClN3O2S. The number of halogens is 1. The van der Waals surface area contributed by atoms with E-state index in [2.05, 4.69) is 30.7 Å². The lowest BCUT2D eigenvalue weighted by atomic mass is 9.87. The van der Waals surface area contributed by atoms with E-state index >= 15 is 0 Å². The van der Waals surface area contributed by atoms with Gasteiger partial charge in [-0.2, -0.15) is 4.31 Å². The first-order valence-electron chi connectivity index (χ1n) is 9.51. The third kappa shape index (κ3) is 4.04. The normalized spacial score (nSPS) is 21.7. The summed E-state index contributed by atoms with van der Waals surface area (Å²) in [6.45, 7) is 11.3. The van der Waals surface area contributed by atoms with Crippen LogP contribution < -0.4 is 4.90 Å². The summed E-state index contributed by atoms with van der Waals surface area (Å²) in [5.74, 6) is 0.703. The van der Waals surface area contributed by atoms with Crippen LogP contribution in [-0.2, 0) is 15.4 Å². The molecule has 2 heterocycles. The summed E-state index contributed by atoms with van der Waals surface area (Å²) >= 11 is 6.29. The Bertz CT molecular complexity index is 927. The fourth-order valence-corrected chi connectivity index (χ4v) is 5.86. The number of nitrogens with zero attached hydrogens (tertiary/aromatic N) is 3. The Morgan fingerprint density at radius 3 is 2.11 bits per heavy atom. The molecule has 1 saturated heterocycles. The van der Waals surface area contributed by atoms with Gasteiger partial charge in [0.15, 0.2) is 0 Å². The first kappa shape index (κ1) is 21.1. The predicted octanol–water partition coefficient (Wildman–Crippen LogP) is 4.32. The molecule has 28 heavy (non-hydrogen) atoms. The highest BCUT2D eigenvalue weighted by Gasteiger charge is 2.39. The summed E-state index contributed by atoms with van der Waals surface area (Å²) < 4.78 is 28.3. The van der Waals surface area contributed by atoms with Gasteiger partial charge in [-0.3, -0.25) is 0 Å². The molecule has 0 saturated carbocycles. The second-order valence-corrected chi connectivity index (χ2v) is 10.8. The number of sulfonamides is 1. The number of hydrogen-bond acceptors (Lipinski definition) is 4. The van der Waals surface area contributed by atoms with Crippen LogP contribution in [0.15, 0.2) is 47.5 Å². The average molecular weight is 422 g/mol. The zero-order chi connectivity index (χ0) is 20.7. The van der Waals surface area contributed by atoms with E-state index < -0.39 is 10.0 Å². The summed E-state index contributed by atoms with van der Waals surface area (Å²) in [5, 5.41) is 0.580. The number of anilines is 1. The summed E-state index contributed by atoms with van der Waals surface area (Å²) in [7, 11) is -3.59. The van der Waals surface area contributed by atoms with E-state index in [1.54, 1.807) is 34.8 Å². The lowest BCUT2D eigenvalue weighted by molar-refractivity contribution is 0.240. The summed E-state index contributed by atoms with van der Waals surface area (Å²) in [5.41, 5.74) is 1.10. The minimum atomic E-state index is -3.59. The molecule has 1 fully saturated rings. The van der Waals surface area contributed by atoms with E-state index in [1.165, 1.54) is 0 Å². The maximum atomic E-state index is 13.3. The average Bonchev–Trinajstić information content (AvgIpc) is 2.60.